The van der Waals surface area contributed by atoms with Crippen molar-refractivity contribution in [3.63, 3.8) is 0 Å². The van der Waals surface area contributed by atoms with E-state index in [9.17, 15) is 14.9 Å². The Morgan fingerprint density at radius 1 is 1.21 bits per heavy atom. The third kappa shape index (κ3) is 3.12. The van der Waals surface area contributed by atoms with Gasteiger partial charge in [0, 0.05) is 12.3 Å². The highest BCUT2D eigenvalue weighted by atomic mass is 16.6. The molecule has 0 bridgehead atoms. The number of hydrogen-bond acceptors (Lipinski definition) is 5. The normalized spacial score (nSPS) is 9.89. The van der Waals surface area contributed by atoms with E-state index in [0.717, 1.165) is 5.56 Å². The van der Waals surface area contributed by atoms with E-state index in [-0.39, 0.29) is 18.0 Å². The number of nitrogens with zero attached hydrogens (tertiary/aromatic N) is 2. The Hall–Kier alpha value is -2.76. The number of benzene rings is 1. The quantitative estimate of drug-likeness (QED) is 0.477. The van der Waals surface area contributed by atoms with Crippen molar-refractivity contribution in [3.8, 4) is 0 Å². The van der Waals surface area contributed by atoms with Crippen molar-refractivity contribution >= 4 is 11.7 Å². The second-order valence-electron chi connectivity index (χ2n) is 3.69. The minimum atomic E-state index is -0.809. The average Bonchev–Trinajstić information content (AvgIpc) is 2.46. The van der Waals surface area contributed by atoms with E-state index in [0.29, 0.717) is 0 Å². The topological polar surface area (TPSA) is 82.3 Å². The Labute approximate surface area is 108 Å². The fraction of sp³-hybridized carbons (Fsp3) is 0.0769. The molecule has 1 aromatic carbocycles. The summed E-state index contributed by atoms with van der Waals surface area (Å²) in [6.45, 7) is 0.0490. The molecule has 1 aromatic heterocycles. The molecule has 2 aromatic rings. The van der Waals surface area contributed by atoms with Gasteiger partial charge in [0.05, 0.1) is 4.92 Å². The van der Waals surface area contributed by atoms with Gasteiger partial charge >= 0.3 is 11.7 Å². The van der Waals surface area contributed by atoms with Crippen LogP contribution in [0.2, 0.25) is 0 Å². The Bertz CT molecular complexity index is 599. The molecule has 0 N–H and O–H groups in total. The molecule has 96 valence electrons. The molecule has 0 atom stereocenters. The van der Waals surface area contributed by atoms with Crippen molar-refractivity contribution in [2.75, 3.05) is 0 Å². The standard InChI is InChI=1S/C13H10N2O4/c16-13(19-9-10-5-2-1-3-6-10)12-11(15(17)18)7-4-8-14-12/h1-8H,9H2. The van der Waals surface area contributed by atoms with E-state index in [1.807, 2.05) is 18.2 Å². The number of nitro groups is 1. The van der Waals surface area contributed by atoms with Crippen molar-refractivity contribution in [3.05, 3.63) is 70.0 Å². The first-order valence-corrected chi connectivity index (χ1v) is 5.49. The van der Waals surface area contributed by atoms with Crippen LogP contribution in [-0.2, 0) is 11.3 Å². The van der Waals surface area contributed by atoms with Gasteiger partial charge in [-0.25, -0.2) is 9.78 Å². The molecule has 0 aliphatic heterocycles. The fourth-order valence-corrected chi connectivity index (χ4v) is 1.49. The summed E-state index contributed by atoms with van der Waals surface area (Å²) in [5, 5.41) is 10.8. The Morgan fingerprint density at radius 2 is 1.95 bits per heavy atom. The maximum atomic E-state index is 11.8. The molecular formula is C13H10N2O4. The Balaban J connectivity index is 2.10. The molecule has 0 aliphatic carbocycles. The van der Waals surface area contributed by atoms with Crippen molar-refractivity contribution in [2.45, 2.75) is 6.61 Å². The number of aromatic nitrogens is 1. The zero-order valence-corrected chi connectivity index (χ0v) is 9.85. The monoisotopic (exact) mass is 258 g/mol. The van der Waals surface area contributed by atoms with Gasteiger partial charge in [0.2, 0.25) is 5.69 Å². The molecular weight excluding hydrogens is 248 g/mol. The lowest BCUT2D eigenvalue weighted by atomic mass is 10.2. The number of carbonyl (C=O) groups is 1. The molecule has 0 unspecified atom stereocenters. The molecule has 1 heterocycles. The van der Waals surface area contributed by atoms with Gasteiger partial charge in [0.1, 0.15) is 6.61 Å². The van der Waals surface area contributed by atoms with Crippen LogP contribution >= 0.6 is 0 Å². The van der Waals surface area contributed by atoms with Gasteiger partial charge in [0.15, 0.2) is 0 Å². The highest BCUT2D eigenvalue weighted by Crippen LogP contribution is 2.16. The summed E-state index contributed by atoms with van der Waals surface area (Å²) < 4.78 is 5.00. The number of hydrogen-bond donors (Lipinski definition) is 0. The van der Waals surface area contributed by atoms with Gasteiger partial charge in [-0.2, -0.15) is 0 Å². The number of esters is 1. The number of pyridine rings is 1. The highest BCUT2D eigenvalue weighted by molar-refractivity contribution is 5.91. The first-order valence-electron chi connectivity index (χ1n) is 5.49. The predicted molar refractivity (Wildman–Crippen MR) is 66.5 cm³/mol. The van der Waals surface area contributed by atoms with Gasteiger partial charge < -0.3 is 4.74 Å². The first-order chi connectivity index (χ1) is 9.18. The molecule has 0 fully saturated rings. The van der Waals surface area contributed by atoms with Crippen LogP contribution in [-0.4, -0.2) is 15.9 Å². The lowest BCUT2D eigenvalue weighted by molar-refractivity contribution is -0.385. The van der Waals surface area contributed by atoms with E-state index < -0.39 is 10.9 Å². The second kappa shape index (κ2) is 5.72. The van der Waals surface area contributed by atoms with Crippen LogP contribution in [0.25, 0.3) is 0 Å². The first kappa shape index (κ1) is 12.7. The van der Waals surface area contributed by atoms with Crippen molar-refractivity contribution in [1.82, 2.24) is 4.98 Å². The van der Waals surface area contributed by atoms with E-state index in [1.54, 1.807) is 12.1 Å². The van der Waals surface area contributed by atoms with Crippen molar-refractivity contribution in [1.29, 1.82) is 0 Å². The largest absolute Gasteiger partial charge is 0.456 e. The van der Waals surface area contributed by atoms with Crippen LogP contribution in [0.15, 0.2) is 48.7 Å². The summed E-state index contributed by atoms with van der Waals surface area (Å²) in [6, 6.07) is 11.7. The smallest absolute Gasteiger partial charge is 0.364 e. The van der Waals surface area contributed by atoms with E-state index >= 15 is 0 Å². The molecule has 0 aliphatic rings. The lowest BCUT2D eigenvalue weighted by Gasteiger charge is -2.04. The maximum Gasteiger partial charge on any atom is 0.364 e. The zero-order chi connectivity index (χ0) is 13.7. The van der Waals surface area contributed by atoms with Gasteiger partial charge in [-0.1, -0.05) is 30.3 Å². The summed E-state index contributed by atoms with van der Waals surface area (Å²) >= 11 is 0. The molecule has 0 saturated heterocycles. The summed E-state index contributed by atoms with van der Waals surface area (Å²) in [6.07, 6.45) is 1.31. The predicted octanol–water partition coefficient (Wildman–Crippen LogP) is 2.35. The van der Waals surface area contributed by atoms with Crippen LogP contribution < -0.4 is 0 Å². The van der Waals surface area contributed by atoms with Crippen molar-refractivity contribution < 1.29 is 14.5 Å². The molecule has 0 amide bonds. The van der Waals surface area contributed by atoms with Crippen LogP contribution in [0, 0.1) is 10.1 Å². The number of carbonyl (C=O) groups excluding carboxylic acids is 1. The van der Waals surface area contributed by atoms with Crippen LogP contribution in [0.4, 0.5) is 5.69 Å². The minimum absolute atomic E-state index is 0.0490. The zero-order valence-electron chi connectivity index (χ0n) is 9.85. The number of rotatable bonds is 4. The second-order valence-corrected chi connectivity index (χ2v) is 3.69. The molecule has 0 saturated carbocycles. The molecule has 19 heavy (non-hydrogen) atoms. The third-order valence-electron chi connectivity index (χ3n) is 2.39. The summed E-state index contributed by atoms with van der Waals surface area (Å²) in [5.41, 5.74) is 0.151. The van der Waals surface area contributed by atoms with Gasteiger partial charge in [0.25, 0.3) is 0 Å². The SMILES string of the molecule is O=C(OCc1ccccc1)c1ncccc1[N+](=O)[O-]. The van der Waals surface area contributed by atoms with Crippen LogP contribution in [0.3, 0.4) is 0 Å². The minimum Gasteiger partial charge on any atom is -0.456 e. The van der Waals surface area contributed by atoms with E-state index in [2.05, 4.69) is 4.98 Å². The molecule has 0 spiro atoms. The highest BCUT2D eigenvalue weighted by Gasteiger charge is 2.22. The molecule has 6 nitrogen and oxygen atoms in total. The van der Waals surface area contributed by atoms with Gasteiger partial charge in [-0.05, 0) is 11.6 Å². The third-order valence-corrected chi connectivity index (χ3v) is 2.39. The van der Waals surface area contributed by atoms with Gasteiger partial charge in [-0.15, -0.1) is 0 Å². The van der Waals surface area contributed by atoms with E-state index in [4.69, 9.17) is 4.74 Å². The Kier molecular flexibility index (Phi) is 3.82. The maximum absolute atomic E-state index is 11.8. The summed E-state index contributed by atoms with van der Waals surface area (Å²) in [4.78, 5) is 25.5. The van der Waals surface area contributed by atoms with Crippen LogP contribution in [0.1, 0.15) is 16.1 Å². The lowest BCUT2D eigenvalue weighted by Crippen LogP contribution is -2.10. The summed E-state index contributed by atoms with van der Waals surface area (Å²) in [7, 11) is 0. The van der Waals surface area contributed by atoms with Gasteiger partial charge in [-0.3, -0.25) is 10.1 Å². The van der Waals surface area contributed by atoms with Crippen LogP contribution in [0.5, 0.6) is 0 Å². The fourth-order valence-electron chi connectivity index (χ4n) is 1.49. The summed E-state index contributed by atoms with van der Waals surface area (Å²) in [5.74, 6) is -0.809. The molecule has 2 rings (SSSR count). The van der Waals surface area contributed by atoms with E-state index in [1.165, 1.54) is 18.3 Å². The Morgan fingerprint density at radius 3 is 2.63 bits per heavy atom. The number of ether oxygens (including phenoxy) is 1. The average molecular weight is 258 g/mol. The molecule has 0 radical (unpaired) electrons. The van der Waals surface area contributed by atoms with Crippen molar-refractivity contribution in [2.24, 2.45) is 0 Å². The molecule has 6 heteroatoms.